The summed E-state index contributed by atoms with van der Waals surface area (Å²) in [6.45, 7) is 4.40. The van der Waals surface area contributed by atoms with Crippen LogP contribution in [0.1, 0.15) is 18.4 Å². The van der Waals surface area contributed by atoms with Crippen LogP contribution < -0.4 is 10.1 Å². The number of carbonyl (C=O) groups is 1. The molecule has 1 N–H and O–H groups in total. The molecule has 0 aliphatic carbocycles. The van der Waals surface area contributed by atoms with Crippen molar-refractivity contribution in [2.24, 2.45) is 0 Å². The Morgan fingerprint density at radius 1 is 1.38 bits per heavy atom. The Bertz CT molecular complexity index is 517. The smallest absolute Gasteiger partial charge is 0.220 e. The maximum atomic E-state index is 11.3. The third-order valence-corrected chi connectivity index (χ3v) is 3.23. The number of hydrogen-bond donors (Lipinski definition) is 1. The molecule has 1 rings (SSSR count). The number of amides is 1. The van der Waals surface area contributed by atoms with Gasteiger partial charge in [-0.1, -0.05) is 52.0 Å². The van der Waals surface area contributed by atoms with E-state index in [-0.39, 0.29) is 5.91 Å². The fourth-order valence-electron chi connectivity index (χ4n) is 1.65. The molecule has 1 aromatic carbocycles. The lowest BCUT2D eigenvalue weighted by atomic mass is 10.1. The van der Waals surface area contributed by atoms with Gasteiger partial charge in [0.15, 0.2) is 0 Å². The molecule has 4 heteroatoms. The maximum absolute atomic E-state index is 11.3. The summed E-state index contributed by atoms with van der Waals surface area (Å²) in [5.74, 6) is 6.62. The highest BCUT2D eigenvalue weighted by molar-refractivity contribution is 9.09. The quantitative estimate of drug-likeness (QED) is 0.445. The highest BCUT2D eigenvalue weighted by Crippen LogP contribution is 2.18. The zero-order valence-electron chi connectivity index (χ0n) is 12.0. The molecular formula is C17H20BrNO2. The number of halogens is 1. The molecular weight excluding hydrogens is 330 g/mol. The Labute approximate surface area is 134 Å². The molecule has 0 spiro atoms. The van der Waals surface area contributed by atoms with Crippen LogP contribution in [0.2, 0.25) is 0 Å². The van der Waals surface area contributed by atoms with Gasteiger partial charge in [-0.05, 0) is 24.5 Å². The van der Waals surface area contributed by atoms with Gasteiger partial charge in [-0.3, -0.25) is 4.79 Å². The van der Waals surface area contributed by atoms with E-state index in [4.69, 9.17) is 4.74 Å². The second kappa shape index (κ2) is 11.0. The van der Waals surface area contributed by atoms with Crippen molar-refractivity contribution in [1.82, 2.24) is 5.32 Å². The van der Waals surface area contributed by atoms with Crippen LogP contribution in [0.5, 0.6) is 5.75 Å². The number of carbonyl (C=O) groups excluding carboxylic acids is 1. The van der Waals surface area contributed by atoms with Crippen molar-refractivity contribution in [3.8, 4) is 17.6 Å². The van der Waals surface area contributed by atoms with Crippen LogP contribution in [-0.4, -0.2) is 24.4 Å². The summed E-state index contributed by atoms with van der Waals surface area (Å²) < 4.78 is 5.62. The fraction of sp³-hybridized carbons (Fsp3) is 0.353. The van der Waals surface area contributed by atoms with Crippen LogP contribution in [0.4, 0.5) is 0 Å². The lowest BCUT2D eigenvalue weighted by Crippen LogP contribution is -2.23. The summed E-state index contributed by atoms with van der Waals surface area (Å²) in [6.07, 6.45) is 3.98. The first-order chi connectivity index (χ1) is 10.3. The average molecular weight is 350 g/mol. The van der Waals surface area contributed by atoms with Crippen molar-refractivity contribution in [2.75, 3.05) is 18.5 Å². The van der Waals surface area contributed by atoms with Crippen LogP contribution in [0, 0.1) is 11.8 Å². The largest absolute Gasteiger partial charge is 0.481 e. The summed E-state index contributed by atoms with van der Waals surface area (Å²) in [6, 6.07) is 7.83. The van der Waals surface area contributed by atoms with Crippen LogP contribution in [0.25, 0.3) is 0 Å². The molecule has 1 amide bonds. The van der Waals surface area contributed by atoms with Crippen LogP contribution >= 0.6 is 15.9 Å². The molecule has 0 aliphatic rings. The van der Waals surface area contributed by atoms with Gasteiger partial charge in [0.2, 0.25) is 5.91 Å². The SMILES string of the molecule is C=CCc1ccccc1OCC#CCNC(=O)CCCBr. The summed E-state index contributed by atoms with van der Waals surface area (Å²) in [5, 5.41) is 3.58. The molecule has 0 atom stereocenters. The average Bonchev–Trinajstić information content (AvgIpc) is 2.50. The number of allylic oxidation sites excluding steroid dienone is 1. The molecule has 0 saturated carbocycles. The number of rotatable bonds is 8. The van der Waals surface area contributed by atoms with Gasteiger partial charge >= 0.3 is 0 Å². The van der Waals surface area contributed by atoms with Gasteiger partial charge in [-0.15, -0.1) is 6.58 Å². The van der Waals surface area contributed by atoms with Crippen molar-refractivity contribution in [3.63, 3.8) is 0 Å². The number of alkyl halides is 1. The second-order valence-electron chi connectivity index (χ2n) is 4.31. The molecule has 0 fully saturated rings. The van der Waals surface area contributed by atoms with Gasteiger partial charge in [0, 0.05) is 11.8 Å². The van der Waals surface area contributed by atoms with Crippen molar-refractivity contribution >= 4 is 21.8 Å². The van der Waals surface area contributed by atoms with E-state index >= 15 is 0 Å². The van der Waals surface area contributed by atoms with E-state index in [0.29, 0.717) is 19.6 Å². The molecule has 21 heavy (non-hydrogen) atoms. The minimum atomic E-state index is 0.0287. The Morgan fingerprint density at radius 3 is 2.95 bits per heavy atom. The Kier molecular flexibility index (Phi) is 9.06. The van der Waals surface area contributed by atoms with Gasteiger partial charge in [-0.25, -0.2) is 0 Å². The summed E-state index contributed by atoms with van der Waals surface area (Å²) in [5.41, 5.74) is 1.09. The monoisotopic (exact) mass is 349 g/mol. The Balaban J connectivity index is 2.29. The predicted molar refractivity (Wildman–Crippen MR) is 89.7 cm³/mol. The second-order valence-corrected chi connectivity index (χ2v) is 5.11. The molecule has 0 heterocycles. The topological polar surface area (TPSA) is 38.3 Å². The molecule has 0 bridgehead atoms. The fourth-order valence-corrected chi connectivity index (χ4v) is 1.94. The van der Waals surface area contributed by atoms with Crippen molar-refractivity contribution in [1.29, 1.82) is 0 Å². The normalized spacial score (nSPS) is 9.38. The molecule has 112 valence electrons. The van der Waals surface area contributed by atoms with Crippen molar-refractivity contribution in [2.45, 2.75) is 19.3 Å². The summed E-state index contributed by atoms with van der Waals surface area (Å²) in [4.78, 5) is 11.3. The molecule has 3 nitrogen and oxygen atoms in total. The zero-order valence-corrected chi connectivity index (χ0v) is 13.6. The van der Waals surface area contributed by atoms with Crippen molar-refractivity contribution in [3.05, 3.63) is 42.5 Å². The van der Waals surface area contributed by atoms with Gasteiger partial charge in [0.05, 0.1) is 6.54 Å². The van der Waals surface area contributed by atoms with Gasteiger partial charge in [0.25, 0.3) is 0 Å². The van der Waals surface area contributed by atoms with E-state index < -0.39 is 0 Å². The van der Waals surface area contributed by atoms with Crippen LogP contribution in [-0.2, 0) is 11.2 Å². The first-order valence-electron chi connectivity index (χ1n) is 6.88. The van der Waals surface area contributed by atoms with Gasteiger partial charge < -0.3 is 10.1 Å². The molecule has 1 aromatic rings. The Morgan fingerprint density at radius 2 is 2.19 bits per heavy atom. The van der Waals surface area contributed by atoms with Crippen molar-refractivity contribution < 1.29 is 9.53 Å². The summed E-state index contributed by atoms with van der Waals surface area (Å²) >= 11 is 3.29. The standard InChI is InChI=1S/C17H20BrNO2/c1-2-8-15-9-3-4-10-16(15)21-14-6-5-13-19-17(20)11-7-12-18/h2-4,9-10H,1,7-8,11-14H2,(H,19,20). The molecule has 0 aromatic heterocycles. The van der Waals surface area contributed by atoms with E-state index in [1.165, 1.54) is 0 Å². The van der Waals surface area contributed by atoms with E-state index in [9.17, 15) is 4.79 Å². The summed E-state index contributed by atoms with van der Waals surface area (Å²) in [7, 11) is 0. The minimum absolute atomic E-state index is 0.0287. The first-order valence-corrected chi connectivity index (χ1v) is 8.00. The number of hydrogen-bond acceptors (Lipinski definition) is 2. The van der Waals surface area contributed by atoms with Gasteiger partial charge in [-0.2, -0.15) is 0 Å². The Hall–Kier alpha value is -1.73. The van der Waals surface area contributed by atoms with E-state index in [0.717, 1.165) is 29.5 Å². The zero-order chi connectivity index (χ0) is 15.3. The molecule has 0 saturated heterocycles. The minimum Gasteiger partial charge on any atom is -0.481 e. The molecule has 0 radical (unpaired) electrons. The van der Waals surface area contributed by atoms with E-state index in [2.05, 4.69) is 39.7 Å². The lowest BCUT2D eigenvalue weighted by Gasteiger charge is -2.07. The molecule has 0 unspecified atom stereocenters. The predicted octanol–water partition coefficient (Wildman–Crippen LogP) is 3.09. The highest BCUT2D eigenvalue weighted by atomic mass is 79.9. The number of ether oxygens (including phenoxy) is 1. The third kappa shape index (κ3) is 7.57. The molecule has 0 aliphatic heterocycles. The van der Waals surface area contributed by atoms with E-state index in [1.54, 1.807) is 0 Å². The number of benzene rings is 1. The number of nitrogens with one attached hydrogen (secondary N) is 1. The van der Waals surface area contributed by atoms with Crippen LogP contribution in [0.15, 0.2) is 36.9 Å². The van der Waals surface area contributed by atoms with E-state index in [1.807, 2.05) is 30.3 Å². The van der Waals surface area contributed by atoms with Gasteiger partial charge in [0.1, 0.15) is 12.4 Å². The first kappa shape index (κ1) is 17.3. The highest BCUT2D eigenvalue weighted by Gasteiger charge is 1.99. The third-order valence-electron chi connectivity index (χ3n) is 2.67. The maximum Gasteiger partial charge on any atom is 0.220 e. The lowest BCUT2D eigenvalue weighted by molar-refractivity contribution is -0.120. The van der Waals surface area contributed by atoms with Crippen LogP contribution in [0.3, 0.4) is 0 Å². The number of para-hydroxylation sites is 1.